The summed E-state index contributed by atoms with van der Waals surface area (Å²) in [5, 5.41) is 0. The normalized spacial score (nSPS) is 16.2. The fraction of sp³-hybridized carbons (Fsp3) is 0.789. The molecule has 0 aliphatic carbocycles. The van der Waals surface area contributed by atoms with Gasteiger partial charge in [-0.25, -0.2) is 0 Å². The van der Waals surface area contributed by atoms with E-state index in [1.807, 2.05) is 0 Å². The molecule has 3 atom stereocenters. The molecule has 0 aliphatic rings. The zero-order chi connectivity index (χ0) is 15.0. The Morgan fingerprint density at radius 1 is 0.895 bits per heavy atom. The van der Waals surface area contributed by atoms with Gasteiger partial charge in [-0.1, -0.05) is 65.8 Å². The van der Waals surface area contributed by atoms with Gasteiger partial charge in [0, 0.05) is 0 Å². The summed E-state index contributed by atoms with van der Waals surface area (Å²) in [6.45, 7) is 22.5. The lowest BCUT2D eigenvalue weighted by Crippen LogP contribution is -2.23. The van der Waals surface area contributed by atoms with Crippen LogP contribution < -0.4 is 0 Å². The van der Waals surface area contributed by atoms with Gasteiger partial charge < -0.3 is 0 Å². The molecule has 0 aliphatic heterocycles. The van der Waals surface area contributed by atoms with Crippen LogP contribution in [0.5, 0.6) is 0 Å². The van der Waals surface area contributed by atoms with Crippen LogP contribution in [0.1, 0.15) is 73.6 Å². The van der Waals surface area contributed by atoms with Crippen LogP contribution in [0, 0.1) is 23.7 Å². The van der Waals surface area contributed by atoms with E-state index in [0.717, 1.165) is 24.2 Å². The molecule has 0 fully saturated rings. The topological polar surface area (TPSA) is 0 Å². The molecule has 3 unspecified atom stereocenters. The van der Waals surface area contributed by atoms with E-state index in [1.165, 1.54) is 36.8 Å². The van der Waals surface area contributed by atoms with E-state index in [4.69, 9.17) is 0 Å². The summed E-state index contributed by atoms with van der Waals surface area (Å²) in [5.41, 5.74) is 2.84. The van der Waals surface area contributed by atoms with E-state index in [1.54, 1.807) is 0 Å². The molecule has 0 bridgehead atoms. The van der Waals surface area contributed by atoms with Crippen molar-refractivity contribution in [1.82, 2.24) is 0 Å². The van der Waals surface area contributed by atoms with E-state index >= 15 is 0 Å². The van der Waals surface area contributed by atoms with Crippen molar-refractivity contribution in [1.29, 1.82) is 0 Å². The number of rotatable bonds is 10. The van der Waals surface area contributed by atoms with Crippen LogP contribution in [-0.4, -0.2) is 0 Å². The predicted molar refractivity (Wildman–Crippen MR) is 89.4 cm³/mol. The van der Waals surface area contributed by atoms with Crippen LogP contribution in [0.25, 0.3) is 0 Å². The van der Waals surface area contributed by atoms with Crippen LogP contribution in [0.3, 0.4) is 0 Å². The zero-order valence-corrected chi connectivity index (χ0v) is 14.3. The molecule has 0 heterocycles. The first-order chi connectivity index (χ1) is 8.84. The number of allylic oxidation sites excluding steroid dienone is 2. The van der Waals surface area contributed by atoms with Gasteiger partial charge in [0.25, 0.3) is 0 Å². The Kier molecular flexibility index (Phi) is 9.14. The second kappa shape index (κ2) is 9.39. The Morgan fingerprint density at radius 2 is 1.47 bits per heavy atom. The summed E-state index contributed by atoms with van der Waals surface area (Å²) >= 11 is 0. The Balaban J connectivity index is 4.35. The van der Waals surface area contributed by atoms with Crippen molar-refractivity contribution in [3.05, 3.63) is 24.3 Å². The molecule has 0 N–H and O–H groups in total. The lowest BCUT2D eigenvalue weighted by atomic mass is 9.73. The van der Waals surface area contributed by atoms with Gasteiger partial charge in [-0.2, -0.15) is 0 Å². The highest BCUT2D eigenvalue weighted by Gasteiger charge is 2.25. The van der Waals surface area contributed by atoms with Gasteiger partial charge >= 0.3 is 0 Å². The molecule has 0 spiro atoms. The van der Waals surface area contributed by atoms with Gasteiger partial charge in [-0.05, 0) is 55.8 Å². The van der Waals surface area contributed by atoms with E-state index in [2.05, 4.69) is 54.7 Å². The fourth-order valence-electron chi connectivity index (χ4n) is 2.93. The van der Waals surface area contributed by atoms with E-state index in [9.17, 15) is 0 Å². The molecule has 0 nitrogen and oxygen atoms in total. The van der Waals surface area contributed by atoms with Gasteiger partial charge in [-0.15, -0.1) is 0 Å². The van der Waals surface area contributed by atoms with Gasteiger partial charge in [0.15, 0.2) is 0 Å². The first-order valence-corrected chi connectivity index (χ1v) is 8.19. The van der Waals surface area contributed by atoms with E-state index in [-0.39, 0.29) is 0 Å². The van der Waals surface area contributed by atoms with Crippen molar-refractivity contribution >= 4 is 0 Å². The largest absolute Gasteiger partial charge is 0.0999 e. The summed E-state index contributed by atoms with van der Waals surface area (Å²) in [7, 11) is 0. The molecule has 0 amide bonds. The molecule has 0 radical (unpaired) electrons. The monoisotopic (exact) mass is 264 g/mol. The maximum Gasteiger partial charge on any atom is -0.0180 e. The highest BCUT2D eigenvalue weighted by atomic mass is 14.3. The van der Waals surface area contributed by atoms with Gasteiger partial charge in [0.2, 0.25) is 0 Å². The van der Waals surface area contributed by atoms with Crippen molar-refractivity contribution in [2.45, 2.75) is 73.6 Å². The summed E-state index contributed by atoms with van der Waals surface area (Å²) in [4.78, 5) is 0. The highest BCUT2D eigenvalue weighted by Crippen LogP contribution is 2.34. The third-order valence-corrected chi connectivity index (χ3v) is 5.01. The molecule has 0 aromatic heterocycles. The molecular weight excluding hydrogens is 228 g/mol. The minimum absolute atomic E-state index is 0.687. The average molecular weight is 264 g/mol. The van der Waals surface area contributed by atoms with Crippen molar-refractivity contribution < 1.29 is 0 Å². The van der Waals surface area contributed by atoms with Crippen LogP contribution in [-0.2, 0) is 0 Å². The Bertz CT molecular complexity index is 272. The van der Waals surface area contributed by atoms with Crippen LogP contribution in [0.15, 0.2) is 24.3 Å². The standard InChI is InChI=1S/C19H36/c1-9-15(5)12-11-13-16(6)19(10-2)18(8)17(7)14(3)4/h14,17-19H,5-6,9-13H2,1-4,7-8H3. The van der Waals surface area contributed by atoms with Crippen LogP contribution in [0.4, 0.5) is 0 Å². The summed E-state index contributed by atoms with van der Waals surface area (Å²) in [5.74, 6) is 2.96. The molecular formula is C19H36. The quantitative estimate of drug-likeness (QED) is 0.388. The number of hydrogen-bond acceptors (Lipinski definition) is 0. The predicted octanol–water partition coefficient (Wildman–Crippen LogP) is 6.63. The van der Waals surface area contributed by atoms with Crippen LogP contribution in [0.2, 0.25) is 0 Å². The second-order valence-electron chi connectivity index (χ2n) is 6.59. The van der Waals surface area contributed by atoms with Gasteiger partial charge in [0.05, 0.1) is 0 Å². The summed E-state index contributed by atoms with van der Waals surface area (Å²) < 4.78 is 0. The van der Waals surface area contributed by atoms with Crippen molar-refractivity contribution in [3.8, 4) is 0 Å². The molecule has 0 aromatic carbocycles. The van der Waals surface area contributed by atoms with E-state index in [0.29, 0.717) is 5.92 Å². The molecule has 0 rings (SSSR count). The van der Waals surface area contributed by atoms with Crippen molar-refractivity contribution in [3.63, 3.8) is 0 Å². The SMILES string of the molecule is C=C(CC)CCCC(=C)C(CC)C(C)C(C)C(C)C. The third-order valence-electron chi connectivity index (χ3n) is 5.01. The van der Waals surface area contributed by atoms with Crippen LogP contribution >= 0.6 is 0 Å². The van der Waals surface area contributed by atoms with Crippen molar-refractivity contribution in [2.24, 2.45) is 23.7 Å². The Morgan fingerprint density at radius 3 is 1.89 bits per heavy atom. The molecule has 0 aromatic rings. The third kappa shape index (κ3) is 6.45. The number of hydrogen-bond donors (Lipinski definition) is 0. The smallest absolute Gasteiger partial charge is 0.0180 e. The molecule has 19 heavy (non-hydrogen) atoms. The second-order valence-corrected chi connectivity index (χ2v) is 6.59. The maximum atomic E-state index is 4.38. The average Bonchev–Trinajstić information content (AvgIpc) is 2.37. The Hall–Kier alpha value is -0.520. The van der Waals surface area contributed by atoms with Crippen molar-refractivity contribution in [2.75, 3.05) is 0 Å². The molecule has 0 saturated heterocycles. The summed E-state index contributed by atoms with van der Waals surface area (Å²) in [6.07, 6.45) is 5.91. The zero-order valence-electron chi connectivity index (χ0n) is 14.3. The van der Waals surface area contributed by atoms with E-state index < -0.39 is 0 Å². The van der Waals surface area contributed by atoms with Gasteiger partial charge in [-0.3, -0.25) is 0 Å². The molecule has 0 heteroatoms. The highest BCUT2D eigenvalue weighted by molar-refractivity contribution is 5.04. The molecule has 0 saturated carbocycles. The first-order valence-electron chi connectivity index (χ1n) is 8.19. The Labute approximate surface area is 122 Å². The maximum absolute atomic E-state index is 4.38. The first kappa shape index (κ1) is 18.5. The lowest BCUT2D eigenvalue weighted by Gasteiger charge is -2.32. The minimum atomic E-state index is 0.687. The fourth-order valence-corrected chi connectivity index (χ4v) is 2.93. The molecule has 112 valence electrons. The summed E-state index contributed by atoms with van der Waals surface area (Å²) in [6, 6.07) is 0. The lowest BCUT2D eigenvalue weighted by molar-refractivity contribution is 0.226. The van der Waals surface area contributed by atoms with Gasteiger partial charge in [0.1, 0.15) is 0 Å². The minimum Gasteiger partial charge on any atom is -0.0999 e.